The molecule has 0 saturated carbocycles. The average Bonchev–Trinajstić information content (AvgIpc) is 2.62. The summed E-state index contributed by atoms with van der Waals surface area (Å²) in [5.41, 5.74) is 5.81. The average molecular weight is 288 g/mol. The maximum Gasteiger partial charge on any atom is 0.331 e. The quantitative estimate of drug-likeness (QED) is 0.532. The van der Waals surface area contributed by atoms with Crippen LogP contribution < -0.4 is 0 Å². The first-order valence-electron chi connectivity index (χ1n) is 8.22. The highest BCUT2D eigenvalue weighted by molar-refractivity contribution is 5.83. The summed E-state index contributed by atoms with van der Waals surface area (Å²) >= 11 is 0. The minimum absolute atomic E-state index is 0.225. The Labute approximate surface area is 129 Å². The Bertz CT molecular complexity index is 504. The summed E-state index contributed by atoms with van der Waals surface area (Å²) in [4.78, 5) is 11.7. The van der Waals surface area contributed by atoms with Crippen LogP contribution >= 0.6 is 0 Å². The lowest BCUT2D eigenvalue weighted by molar-refractivity contribution is -0.137. The van der Waals surface area contributed by atoms with Gasteiger partial charge in [-0.1, -0.05) is 25.5 Å². The monoisotopic (exact) mass is 288 g/mol. The van der Waals surface area contributed by atoms with Crippen molar-refractivity contribution in [1.29, 1.82) is 0 Å². The number of hydrogen-bond donors (Lipinski definition) is 0. The Kier molecular flexibility index (Phi) is 5.08. The van der Waals surface area contributed by atoms with Crippen molar-refractivity contribution in [2.45, 2.75) is 66.2 Å². The minimum Gasteiger partial charge on any atom is -0.463 e. The van der Waals surface area contributed by atoms with Crippen LogP contribution in [-0.4, -0.2) is 12.6 Å². The molecular weight excluding hydrogens is 260 g/mol. The molecule has 0 fully saturated rings. The lowest BCUT2D eigenvalue weighted by Crippen LogP contribution is -2.19. The van der Waals surface area contributed by atoms with Gasteiger partial charge in [0.25, 0.3) is 0 Å². The summed E-state index contributed by atoms with van der Waals surface area (Å²) in [6, 6.07) is 0. The van der Waals surface area contributed by atoms with Gasteiger partial charge in [-0.2, -0.15) is 0 Å². The molecule has 0 heterocycles. The largest absolute Gasteiger partial charge is 0.463 e. The van der Waals surface area contributed by atoms with Crippen LogP contribution in [0.5, 0.6) is 0 Å². The van der Waals surface area contributed by atoms with E-state index in [0.717, 1.165) is 12.0 Å². The van der Waals surface area contributed by atoms with Gasteiger partial charge in [0.2, 0.25) is 0 Å². The molecule has 2 nitrogen and oxygen atoms in total. The maximum absolute atomic E-state index is 11.7. The second-order valence-electron chi connectivity index (χ2n) is 6.86. The predicted octanol–water partition coefficient (Wildman–Crippen LogP) is 5.11. The van der Waals surface area contributed by atoms with E-state index in [2.05, 4.69) is 19.9 Å². The zero-order valence-corrected chi connectivity index (χ0v) is 13.9. The van der Waals surface area contributed by atoms with Crippen molar-refractivity contribution < 1.29 is 9.53 Å². The topological polar surface area (TPSA) is 26.3 Å². The smallest absolute Gasteiger partial charge is 0.331 e. The van der Waals surface area contributed by atoms with Gasteiger partial charge in [-0.25, -0.2) is 4.79 Å². The van der Waals surface area contributed by atoms with E-state index in [-0.39, 0.29) is 11.4 Å². The van der Waals surface area contributed by atoms with E-state index < -0.39 is 0 Å². The summed E-state index contributed by atoms with van der Waals surface area (Å²) in [7, 11) is 0. The number of hydrogen-bond acceptors (Lipinski definition) is 2. The van der Waals surface area contributed by atoms with Crippen molar-refractivity contribution in [3.63, 3.8) is 0 Å². The molecule has 0 N–H and O–H groups in total. The molecule has 0 radical (unpaired) electrons. The van der Waals surface area contributed by atoms with Crippen molar-refractivity contribution in [3.8, 4) is 0 Å². The molecule has 116 valence electrons. The van der Waals surface area contributed by atoms with Crippen molar-refractivity contribution in [2.24, 2.45) is 5.41 Å². The molecule has 0 atom stereocenters. The lowest BCUT2D eigenvalue weighted by atomic mass is 9.71. The van der Waals surface area contributed by atoms with Gasteiger partial charge in [-0.3, -0.25) is 0 Å². The molecule has 0 aromatic heterocycles. The van der Waals surface area contributed by atoms with Gasteiger partial charge in [0, 0.05) is 6.08 Å². The fraction of sp³-hybridized carbons (Fsp3) is 0.632. The Morgan fingerprint density at radius 2 is 2.00 bits per heavy atom. The Hall–Kier alpha value is -1.31. The van der Waals surface area contributed by atoms with E-state index in [4.69, 9.17) is 4.74 Å². The fourth-order valence-electron chi connectivity index (χ4n) is 3.55. The number of allylic oxidation sites excluding steroid dienone is 5. The molecule has 0 bridgehead atoms. The molecule has 0 aromatic rings. The number of carbonyl (C=O) groups excluding carboxylic acids is 1. The van der Waals surface area contributed by atoms with Gasteiger partial charge >= 0.3 is 5.97 Å². The number of esters is 1. The first-order chi connectivity index (χ1) is 9.94. The van der Waals surface area contributed by atoms with Crippen molar-refractivity contribution >= 4 is 5.97 Å². The van der Waals surface area contributed by atoms with Gasteiger partial charge in [-0.05, 0) is 74.5 Å². The van der Waals surface area contributed by atoms with E-state index in [1.165, 1.54) is 43.3 Å². The van der Waals surface area contributed by atoms with Crippen LogP contribution in [0.4, 0.5) is 0 Å². The Morgan fingerprint density at radius 3 is 2.71 bits per heavy atom. The van der Waals surface area contributed by atoms with Gasteiger partial charge in [-0.15, -0.1) is 0 Å². The Balaban J connectivity index is 2.30. The van der Waals surface area contributed by atoms with Crippen LogP contribution in [0.2, 0.25) is 0 Å². The molecule has 0 unspecified atom stereocenters. The van der Waals surface area contributed by atoms with E-state index in [1.807, 2.05) is 13.8 Å². The molecule has 0 saturated heterocycles. The summed E-state index contributed by atoms with van der Waals surface area (Å²) in [5, 5.41) is 0. The van der Waals surface area contributed by atoms with Crippen molar-refractivity contribution in [3.05, 3.63) is 34.4 Å². The van der Waals surface area contributed by atoms with Crippen LogP contribution in [0.1, 0.15) is 66.2 Å². The molecule has 0 aliphatic heterocycles. The van der Waals surface area contributed by atoms with Gasteiger partial charge in [0.1, 0.15) is 0 Å². The highest BCUT2D eigenvalue weighted by atomic mass is 16.5. The van der Waals surface area contributed by atoms with Crippen LogP contribution in [0.3, 0.4) is 0 Å². The standard InChI is InChI=1S/C19H28O2/c1-5-21-18(20)12-14(2)16-9-6-8-15-10-7-11-19(3,4)17(15)13-16/h12-13H,5-11H2,1-4H3/b14-12+. The number of rotatable bonds is 3. The predicted molar refractivity (Wildman–Crippen MR) is 87.0 cm³/mol. The van der Waals surface area contributed by atoms with E-state index in [0.29, 0.717) is 6.61 Å². The first-order valence-corrected chi connectivity index (χ1v) is 8.22. The Morgan fingerprint density at radius 1 is 1.29 bits per heavy atom. The van der Waals surface area contributed by atoms with E-state index in [9.17, 15) is 4.79 Å². The van der Waals surface area contributed by atoms with Crippen LogP contribution in [0.25, 0.3) is 0 Å². The second-order valence-corrected chi connectivity index (χ2v) is 6.86. The third-order valence-electron chi connectivity index (χ3n) is 4.76. The summed E-state index contributed by atoms with van der Waals surface area (Å²) in [6.07, 6.45) is 11.3. The van der Waals surface area contributed by atoms with Crippen molar-refractivity contribution in [1.82, 2.24) is 0 Å². The van der Waals surface area contributed by atoms with E-state index >= 15 is 0 Å². The normalized spacial score (nSPS) is 22.3. The fourth-order valence-corrected chi connectivity index (χ4v) is 3.55. The second kappa shape index (κ2) is 6.64. The number of ether oxygens (including phenoxy) is 1. The molecule has 21 heavy (non-hydrogen) atoms. The SMILES string of the molecule is CCOC(=O)/C=C(\C)C1=CC2=C(CCC1)CCCC2(C)C. The molecule has 2 heteroatoms. The van der Waals surface area contributed by atoms with Gasteiger partial charge < -0.3 is 4.74 Å². The zero-order chi connectivity index (χ0) is 15.5. The summed E-state index contributed by atoms with van der Waals surface area (Å²) < 4.78 is 5.03. The molecule has 0 amide bonds. The number of carbonyl (C=O) groups is 1. The highest BCUT2D eigenvalue weighted by Crippen LogP contribution is 2.45. The third kappa shape index (κ3) is 3.87. The van der Waals surface area contributed by atoms with Crippen LogP contribution in [0, 0.1) is 5.41 Å². The molecule has 2 aliphatic carbocycles. The lowest BCUT2D eigenvalue weighted by Gasteiger charge is -2.33. The molecule has 0 spiro atoms. The molecule has 0 aromatic carbocycles. The van der Waals surface area contributed by atoms with Crippen LogP contribution in [-0.2, 0) is 9.53 Å². The highest BCUT2D eigenvalue weighted by Gasteiger charge is 2.29. The summed E-state index contributed by atoms with van der Waals surface area (Å²) in [6.45, 7) is 9.01. The van der Waals surface area contributed by atoms with Crippen molar-refractivity contribution in [2.75, 3.05) is 6.61 Å². The van der Waals surface area contributed by atoms with Crippen LogP contribution in [0.15, 0.2) is 34.4 Å². The molecule has 2 rings (SSSR count). The summed E-state index contributed by atoms with van der Waals surface area (Å²) in [5.74, 6) is -0.225. The van der Waals surface area contributed by atoms with Gasteiger partial charge in [0.05, 0.1) is 6.61 Å². The first kappa shape index (κ1) is 16.1. The third-order valence-corrected chi connectivity index (χ3v) is 4.76. The molecular formula is C19H28O2. The maximum atomic E-state index is 11.7. The minimum atomic E-state index is -0.225. The molecule has 2 aliphatic rings. The zero-order valence-electron chi connectivity index (χ0n) is 13.9. The van der Waals surface area contributed by atoms with E-state index in [1.54, 1.807) is 11.6 Å². The van der Waals surface area contributed by atoms with Gasteiger partial charge in [0.15, 0.2) is 0 Å².